The number of furan rings is 1. The summed E-state index contributed by atoms with van der Waals surface area (Å²) in [5.41, 5.74) is 6.07. The largest absolute Gasteiger partial charge is 0.465 e. The molecule has 0 bridgehead atoms. The van der Waals surface area contributed by atoms with E-state index in [2.05, 4.69) is 28.1 Å². The lowest BCUT2D eigenvalue weighted by molar-refractivity contribution is 0.465. The van der Waals surface area contributed by atoms with Crippen LogP contribution in [-0.2, 0) is 0 Å². The second-order valence-corrected chi connectivity index (χ2v) is 6.43. The van der Waals surface area contributed by atoms with Crippen molar-refractivity contribution in [3.63, 3.8) is 0 Å². The lowest BCUT2D eigenvalue weighted by Gasteiger charge is -2.18. The molecule has 18 heavy (non-hydrogen) atoms. The van der Waals surface area contributed by atoms with Crippen LogP contribution < -0.4 is 5.73 Å². The first-order chi connectivity index (χ1) is 8.56. The summed E-state index contributed by atoms with van der Waals surface area (Å²) in [6, 6.07) is 12.3. The van der Waals surface area contributed by atoms with Gasteiger partial charge in [0.1, 0.15) is 11.5 Å². The highest BCUT2D eigenvalue weighted by Gasteiger charge is 2.20. The maximum absolute atomic E-state index is 6.07. The Bertz CT molecular complexity index is 507. The SMILES string of the molecule is Cc1ccc(C(Sc2ccc(Br)cc2)C(C)N)o1. The van der Waals surface area contributed by atoms with E-state index in [0.29, 0.717) is 0 Å². The highest BCUT2D eigenvalue weighted by molar-refractivity contribution is 9.10. The second kappa shape index (κ2) is 5.95. The molecule has 2 nitrogen and oxygen atoms in total. The summed E-state index contributed by atoms with van der Waals surface area (Å²) >= 11 is 5.17. The van der Waals surface area contributed by atoms with Gasteiger partial charge in [-0.25, -0.2) is 0 Å². The number of hydrogen-bond acceptors (Lipinski definition) is 3. The van der Waals surface area contributed by atoms with E-state index in [0.717, 1.165) is 16.0 Å². The lowest BCUT2D eigenvalue weighted by atomic mass is 10.2. The van der Waals surface area contributed by atoms with Gasteiger partial charge in [-0.15, -0.1) is 11.8 Å². The van der Waals surface area contributed by atoms with E-state index < -0.39 is 0 Å². The first kappa shape index (κ1) is 13.7. The molecule has 2 unspecified atom stereocenters. The van der Waals surface area contributed by atoms with E-state index >= 15 is 0 Å². The van der Waals surface area contributed by atoms with Crippen LogP contribution in [0.15, 0.2) is 50.2 Å². The fourth-order valence-corrected chi connectivity index (χ4v) is 3.00. The van der Waals surface area contributed by atoms with Crippen molar-refractivity contribution in [1.82, 2.24) is 0 Å². The lowest BCUT2D eigenvalue weighted by Crippen LogP contribution is -2.22. The molecule has 0 saturated heterocycles. The fourth-order valence-electron chi connectivity index (χ4n) is 1.69. The van der Waals surface area contributed by atoms with E-state index in [-0.39, 0.29) is 11.3 Å². The number of thioether (sulfide) groups is 1. The van der Waals surface area contributed by atoms with E-state index in [1.165, 1.54) is 4.90 Å². The van der Waals surface area contributed by atoms with Crippen molar-refractivity contribution in [2.24, 2.45) is 5.73 Å². The van der Waals surface area contributed by atoms with Gasteiger partial charge in [-0.2, -0.15) is 0 Å². The summed E-state index contributed by atoms with van der Waals surface area (Å²) in [6.07, 6.45) is 0. The molecular formula is C14H16BrNOS. The van der Waals surface area contributed by atoms with Crippen LogP contribution >= 0.6 is 27.7 Å². The van der Waals surface area contributed by atoms with E-state index in [1.807, 2.05) is 38.1 Å². The molecule has 2 atom stereocenters. The zero-order valence-corrected chi connectivity index (χ0v) is 12.8. The summed E-state index contributed by atoms with van der Waals surface area (Å²) in [6.45, 7) is 3.96. The van der Waals surface area contributed by atoms with Gasteiger partial charge < -0.3 is 10.2 Å². The van der Waals surface area contributed by atoms with Crippen molar-refractivity contribution < 1.29 is 4.42 Å². The minimum atomic E-state index is 0.0317. The third-order valence-corrected chi connectivity index (χ3v) is 4.58. The standard InChI is InChI=1S/C14H16BrNOS/c1-9-3-8-13(17-9)14(10(2)16)18-12-6-4-11(15)5-7-12/h3-8,10,14H,16H2,1-2H3. The van der Waals surface area contributed by atoms with Crippen LogP contribution in [0.3, 0.4) is 0 Å². The van der Waals surface area contributed by atoms with E-state index in [1.54, 1.807) is 11.8 Å². The molecule has 96 valence electrons. The monoisotopic (exact) mass is 325 g/mol. The molecule has 0 fully saturated rings. The van der Waals surface area contributed by atoms with E-state index in [9.17, 15) is 0 Å². The van der Waals surface area contributed by atoms with E-state index in [4.69, 9.17) is 10.2 Å². The van der Waals surface area contributed by atoms with Gasteiger partial charge in [0.05, 0.1) is 5.25 Å². The molecule has 1 aromatic carbocycles. The third kappa shape index (κ3) is 3.40. The van der Waals surface area contributed by atoms with Gasteiger partial charge in [0, 0.05) is 15.4 Å². The first-order valence-electron chi connectivity index (χ1n) is 5.80. The molecule has 0 aliphatic carbocycles. The van der Waals surface area contributed by atoms with Gasteiger partial charge in [-0.1, -0.05) is 15.9 Å². The zero-order valence-electron chi connectivity index (χ0n) is 10.4. The van der Waals surface area contributed by atoms with Crippen LogP contribution in [-0.4, -0.2) is 6.04 Å². The predicted octanol–water partition coefficient (Wildman–Crippen LogP) is 4.53. The molecule has 4 heteroatoms. The molecule has 0 amide bonds. The maximum atomic E-state index is 6.07. The average molecular weight is 326 g/mol. The number of rotatable bonds is 4. The Morgan fingerprint density at radius 2 is 1.83 bits per heavy atom. The first-order valence-corrected chi connectivity index (χ1v) is 7.47. The van der Waals surface area contributed by atoms with Crippen molar-refractivity contribution in [1.29, 1.82) is 0 Å². The highest BCUT2D eigenvalue weighted by atomic mass is 79.9. The number of nitrogens with two attached hydrogens (primary N) is 1. The zero-order chi connectivity index (χ0) is 13.1. The molecule has 0 aliphatic rings. The van der Waals surface area contributed by atoms with Gasteiger partial charge in [0.25, 0.3) is 0 Å². The van der Waals surface area contributed by atoms with Crippen LogP contribution in [0.5, 0.6) is 0 Å². The molecule has 2 aromatic rings. The fraction of sp³-hybridized carbons (Fsp3) is 0.286. The number of aryl methyl sites for hydroxylation is 1. The topological polar surface area (TPSA) is 39.2 Å². The molecule has 2 rings (SSSR count). The number of benzene rings is 1. The smallest absolute Gasteiger partial charge is 0.119 e. The van der Waals surface area contributed by atoms with Crippen LogP contribution in [0.25, 0.3) is 0 Å². The quantitative estimate of drug-likeness (QED) is 0.839. The Kier molecular flexibility index (Phi) is 4.54. The average Bonchev–Trinajstić information content (AvgIpc) is 2.74. The van der Waals surface area contributed by atoms with Crippen molar-refractivity contribution in [2.75, 3.05) is 0 Å². The Morgan fingerprint density at radius 1 is 1.17 bits per heavy atom. The predicted molar refractivity (Wildman–Crippen MR) is 79.8 cm³/mol. The van der Waals surface area contributed by atoms with Crippen LogP contribution in [0.1, 0.15) is 23.7 Å². The normalized spacial score (nSPS) is 14.4. The van der Waals surface area contributed by atoms with Crippen LogP contribution in [0.4, 0.5) is 0 Å². The van der Waals surface area contributed by atoms with Gasteiger partial charge in [-0.05, 0) is 50.2 Å². The molecule has 0 saturated carbocycles. The van der Waals surface area contributed by atoms with Gasteiger partial charge in [-0.3, -0.25) is 0 Å². The highest BCUT2D eigenvalue weighted by Crippen LogP contribution is 2.38. The summed E-state index contributed by atoms with van der Waals surface area (Å²) in [4.78, 5) is 1.19. The minimum Gasteiger partial charge on any atom is -0.465 e. The molecule has 0 aliphatic heterocycles. The minimum absolute atomic E-state index is 0.0317. The number of hydrogen-bond donors (Lipinski definition) is 1. The Hall–Kier alpha value is -0.710. The Morgan fingerprint density at radius 3 is 2.33 bits per heavy atom. The molecule has 1 heterocycles. The summed E-state index contributed by atoms with van der Waals surface area (Å²) in [5, 5.41) is 0.139. The van der Waals surface area contributed by atoms with Gasteiger partial charge in [0.2, 0.25) is 0 Å². The Balaban J connectivity index is 2.19. The van der Waals surface area contributed by atoms with Crippen molar-refractivity contribution in [3.05, 3.63) is 52.4 Å². The second-order valence-electron chi connectivity index (χ2n) is 4.30. The van der Waals surface area contributed by atoms with Crippen molar-refractivity contribution in [3.8, 4) is 0 Å². The molecule has 2 N–H and O–H groups in total. The molecular weight excluding hydrogens is 310 g/mol. The summed E-state index contributed by atoms with van der Waals surface area (Å²) < 4.78 is 6.77. The summed E-state index contributed by atoms with van der Waals surface area (Å²) in [5.74, 6) is 1.86. The summed E-state index contributed by atoms with van der Waals surface area (Å²) in [7, 11) is 0. The van der Waals surface area contributed by atoms with Gasteiger partial charge in [0.15, 0.2) is 0 Å². The van der Waals surface area contributed by atoms with Crippen LogP contribution in [0.2, 0.25) is 0 Å². The number of halogens is 1. The molecule has 0 spiro atoms. The molecule has 0 radical (unpaired) electrons. The van der Waals surface area contributed by atoms with Crippen molar-refractivity contribution >= 4 is 27.7 Å². The third-order valence-electron chi connectivity index (χ3n) is 2.60. The van der Waals surface area contributed by atoms with Crippen LogP contribution in [0, 0.1) is 6.92 Å². The van der Waals surface area contributed by atoms with Crippen molar-refractivity contribution in [2.45, 2.75) is 30.0 Å². The molecule has 1 aromatic heterocycles. The maximum Gasteiger partial charge on any atom is 0.119 e. The Labute approximate surface area is 120 Å². The van der Waals surface area contributed by atoms with Gasteiger partial charge >= 0.3 is 0 Å².